The fourth-order valence-corrected chi connectivity index (χ4v) is 16.7. The Morgan fingerprint density at radius 3 is 1.60 bits per heavy atom. The van der Waals surface area contributed by atoms with Crippen LogP contribution in [0, 0.1) is 11.8 Å². The van der Waals surface area contributed by atoms with E-state index in [9.17, 15) is 63.3 Å². The highest BCUT2D eigenvalue weighted by Gasteiger charge is 2.50. The SMILES string of the molecule is CCCCC(C(=O)N(C)CC(=O)NC(CC(=O)O)C(=O)NC(C(=O)N(C)C(Cc1ccccc1)C(=O)NC(Cc1ccc(O)cc1)C(=O)N1C(C(=O)NC(Cc2c[nH]c3ccccc23)C(=O)NC(Cc2ccc(O)cc2)C(=O)NC(CC(C)C)C(=O)NC(CSCC(=O)NC(Cc2ccccc2)C(=O)NC)C(=O)NCC(N)=O)CCC1(C)C)C(C)C)N(C)C(=O)CCc1ccccc1. The summed E-state index contributed by atoms with van der Waals surface area (Å²) in [6.45, 7) is 10.8. The lowest BCUT2D eigenvalue weighted by Gasteiger charge is -2.39. The number of aromatic amines is 1. The molecule has 35 nitrogen and oxygen atoms in total. The van der Waals surface area contributed by atoms with Crippen LogP contribution in [0.15, 0.2) is 170 Å². The molecule has 36 heteroatoms. The van der Waals surface area contributed by atoms with Gasteiger partial charge in [0.05, 0.1) is 25.3 Å². The van der Waals surface area contributed by atoms with Gasteiger partial charge in [-0.15, -0.1) is 11.8 Å². The first kappa shape index (κ1) is 105. The van der Waals surface area contributed by atoms with Gasteiger partial charge in [0.15, 0.2) is 0 Å². The molecule has 0 saturated carbocycles. The number of benzene rings is 6. The molecule has 1 fully saturated rings. The number of fused-ring (bicyclic) bond motifs is 1. The number of para-hydroxylation sites is 1. The molecule has 1 aliphatic rings. The number of carbonyl (C=O) groups is 16. The molecule has 7 aromatic rings. The topological polar surface area (TPSA) is 509 Å². The number of rotatable bonds is 50. The summed E-state index contributed by atoms with van der Waals surface area (Å²) in [5, 5.41) is 58.5. The number of H-pyrrole nitrogens is 1. The molecule has 133 heavy (non-hydrogen) atoms. The molecule has 0 aliphatic carbocycles. The van der Waals surface area contributed by atoms with Gasteiger partial charge < -0.3 is 98.8 Å². The van der Waals surface area contributed by atoms with E-state index < -0.39 is 186 Å². The summed E-state index contributed by atoms with van der Waals surface area (Å²) < 4.78 is 0. The molecule has 8 rings (SSSR count). The first-order valence-corrected chi connectivity index (χ1v) is 45.7. The first-order valence-electron chi connectivity index (χ1n) is 44.6. The van der Waals surface area contributed by atoms with Crippen molar-refractivity contribution in [1.82, 2.24) is 77.8 Å². The number of hydrogen-bond acceptors (Lipinski definition) is 19. The highest BCUT2D eigenvalue weighted by Crippen LogP contribution is 2.36. The number of carbonyl (C=O) groups excluding carboxylic acids is 15. The number of aromatic nitrogens is 1. The largest absolute Gasteiger partial charge is 0.508 e. The van der Waals surface area contributed by atoms with E-state index in [2.05, 4.69) is 58.2 Å². The van der Waals surface area contributed by atoms with E-state index in [-0.39, 0.29) is 99.0 Å². The maximum atomic E-state index is 16.2. The number of aryl methyl sites for hydroxylation is 1. The van der Waals surface area contributed by atoms with Crippen LogP contribution in [-0.4, -0.2) is 259 Å². The second-order valence-corrected chi connectivity index (χ2v) is 35.9. The molecule has 11 unspecified atom stereocenters. The number of likely N-dealkylation sites (tertiary alicyclic amines) is 1. The van der Waals surface area contributed by atoms with Crippen LogP contribution in [0.4, 0.5) is 0 Å². The molecular weight excluding hydrogens is 1730 g/mol. The Morgan fingerprint density at radius 1 is 0.534 bits per heavy atom. The zero-order valence-electron chi connectivity index (χ0n) is 77.0. The van der Waals surface area contributed by atoms with Gasteiger partial charge in [0.1, 0.15) is 78.0 Å². The van der Waals surface area contributed by atoms with Crippen molar-refractivity contribution in [2.75, 3.05) is 52.8 Å². The van der Waals surface area contributed by atoms with Crippen molar-refractivity contribution >= 4 is 117 Å². The van der Waals surface area contributed by atoms with Crippen LogP contribution >= 0.6 is 11.8 Å². The molecule has 714 valence electrons. The Balaban J connectivity index is 1.05. The van der Waals surface area contributed by atoms with Crippen molar-refractivity contribution in [3.8, 4) is 11.5 Å². The van der Waals surface area contributed by atoms with Gasteiger partial charge in [-0.3, -0.25) is 76.7 Å². The van der Waals surface area contributed by atoms with Crippen molar-refractivity contribution in [3.63, 3.8) is 0 Å². The number of primary amides is 1. The van der Waals surface area contributed by atoms with E-state index in [0.29, 0.717) is 52.4 Å². The van der Waals surface area contributed by atoms with Gasteiger partial charge in [-0.2, -0.15) is 0 Å². The minimum atomic E-state index is -1.82. The van der Waals surface area contributed by atoms with Crippen molar-refractivity contribution in [1.29, 1.82) is 0 Å². The summed E-state index contributed by atoms with van der Waals surface area (Å²) in [5.41, 5.74) is 8.46. The van der Waals surface area contributed by atoms with Gasteiger partial charge in [0.25, 0.3) is 0 Å². The number of nitrogens with one attached hydrogen (secondary N) is 11. The van der Waals surface area contributed by atoms with Crippen molar-refractivity contribution in [3.05, 3.63) is 203 Å². The molecule has 16 N–H and O–H groups in total. The third-order valence-corrected chi connectivity index (χ3v) is 24.3. The normalized spacial score (nSPS) is 15.0. The number of phenols is 2. The van der Waals surface area contributed by atoms with E-state index in [0.717, 1.165) is 32.7 Å². The first-order chi connectivity index (χ1) is 63.2. The summed E-state index contributed by atoms with van der Waals surface area (Å²) >= 11 is 0.917. The number of phenolic OH excluding ortho intramolecular Hbond substituents is 2. The molecule has 1 saturated heterocycles. The quantitative estimate of drug-likeness (QED) is 0.0257. The van der Waals surface area contributed by atoms with Gasteiger partial charge in [-0.05, 0) is 121 Å². The second-order valence-electron chi connectivity index (χ2n) is 34.9. The van der Waals surface area contributed by atoms with Gasteiger partial charge >= 0.3 is 5.97 Å². The van der Waals surface area contributed by atoms with Crippen molar-refractivity contribution < 1.29 is 92.0 Å². The summed E-state index contributed by atoms with van der Waals surface area (Å²) in [6.07, 6.45) is 2.00. The summed E-state index contributed by atoms with van der Waals surface area (Å²) in [4.78, 5) is 238. The smallest absolute Gasteiger partial charge is 0.305 e. The number of nitrogens with two attached hydrogens (primary N) is 1. The Kier molecular flexibility index (Phi) is 39.9. The van der Waals surface area contributed by atoms with Crippen LogP contribution in [0.5, 0.6) is 11.5 Å². The highest BCUT2D eigenvalue weighted by molar-refractivity contribution is 8.00. The zero-order chi connectivity index (χ0) is 97.3. The van der Waals surface area contributed by atoms with Gasteiger partial charge in [0.2, 0.25) is 88.6 Å². The molecule has 15 amide bonds. The minimum Gasteiger partial charge on any atom is -0.508 e. The second kappa shape index (κ2) is 50.7. The molecule has 1 aliphatic heterocycles. The lowest BCUT2D eigenvalue weighted by atomic mass is 9.97. The van der Waals surface area contributed by atoms with E-state index in [1.807, 2.05) is 37.3 Å². The third-order valence-electron chi connectivity index (χ3n) is 23.2. The fraction of sp³-hybridized carbons (Fsp3) is 0.443. The van der Waals surface area contributed by atoms with Crippen LogP contribution < -0.4 is 58.9 Å². The number of aromatic hydroxyl groups is 2. The number of carboxylic acid groups (broad SMARTS) is 1. The number of unbranched alkanes of at least 4 members (excludes halogenated alkanes) is 1. The number of thioether (sulfide) groups is 1. The summed E-state index contributed by atoms with van der Waals surface area (Å²) in [7, 11) is 5.60. The standard InChI is InChI=1S/C97H126N16O19S/c1-12-13-33-78(111(10)83(119)43-38-60-25-17-14-18-26-60)95(131)110(9)55-81(117)102-74(52-84(120)121)91(127)109-85(59(4)5)96(132)112(11)79(50-62-29-21-16-22-30-62)93(129)107-75(49-64-36-41-67(115)42-37-64)94(130)113-77(44-45-97(113,6)7)92(128)106-73(51-65-53-100-69-32-24-23-31-68(65)69)90(126)105-72(48-63-34-39-66(114)40-35-63)89(125)104-70(46-58(2)3)88(124)108-76(87(123)101-54-80(98)116)56-133-57-82(118)103-71(86(122)99-8)47-61-27-19-15-20-28-61/h14-32,34-37,39-42,53,58-59,70-79,85,100,114-115H,12-13,33,38,43-52,54-57H2,1-11H3,(H2,98,116)(H,99,122)(H,101,123)(H,102,117)(H,103,118)(H,104,125)(H,105,126)(H,106,128)(H,107,129)(H,108,124)(H,109,127)(H,120,121). The van der Waals surface area contributed by atoms with Crippen molar-refractivity contribution in [2.24, 2.45) is 17.6 Å². The van der Waals surface area contributed by atoms with Gasteiger partial charge in [-0.1, -0.05) is 181 Å². The minimum absolute atomic E-state index is 0.00582. The van der Waals surface area contributed by atoms with Crippen LogP contribution in [-0.2, 0) is 115 Å². The van der Waals surface area contributed by atoms with Crippen LogP contribution in [0.1, 0.15) is 133 Å². The van der Waals surface area contributed by atoms with Crippen molar-refractivity contribution in [2.45, 2.75) is 210 Å². The molecule has 1 aromatic heterocycles. The van der Waals surface area contributed by atoms with E-state index in [4.69, 9.17) is 5.73 Å². The Bertz CT molecular complexity index is 5180. The molecule has 0 bridgehead atoms. The number of amides is 15. The average Bonchev–Trinajstić information content (AvgIpc) is 1.63. The number of likely N-dealkylation sites (N-methyl/N-ethyl adjacent to an activating group) is 4. The van der Waals surface area contributed by atoms with E-state index >= 15 is 28.8 Å². The maximum absolute atomic E-state index is 16.2. The molecule has 0 radical (unpaired) electrons. The van der Waals surface area contributed by atoms with Gasteiger partial charge in [0, 0.05) is 95.1 Å². The molecular formula is C97H126N16O19S. The number of carboxylic acids is 1. The molecule has 6 aromatic carbocycles. The summed E-state index contributed by atoms with van der Waals surface area (Å²) in [5.74, 6) is -15.3. The van der Waals surface area contributed by atoms with Crippen LogP contribution in [0.25, 0.3) is 10.9 Å². The Morgan fingerprint density at radius 2 is 1.04 bits per heavy atom. The number of aliphatic carboxylic acids is 1. The molecule has 11 atom stereocenters. The van der Waals surface area contributed by atoms with Crippen LogP contribution in [0.3, 0.4) is 0 Å². The predicted molar refractivity (Wildman–Crippen MR) is 500 cm³/mol. The highest BCUT2D eigenvalue weighted by atomic mass is 32.2. The third kappa shape index (κ3) is 31.8. The van der Waals surface area contributed by atoms with E-state index in [1.165, 1.54) is 86.5 Å². The van der Waals surface area contributed by atoms with Crippen LogP contribution in [0.2, 0.25) is 0 Å². The maximum Gasteiger partial charge on any atom is 0.305 e. The predicted octanol–water partition coefficient (Wildman–Crippen LogP) is 3.93. The lowest BCUT2D eigenvalue weighted by molar-refractivity contribution is -0.148. The zero-order valence-corrected chi connectivity index (χ0v) is 77.9. The van der Waals surface area contributed by atoms with E-state index in [1.54, 1.807) is 133 Å². The van der Waals surface area contributed by atoms with Gasteiger partial charge in [-0.25, -0.2) is 0 Å². The Hall–Kier alpha value is -13.7. The fourth-order valence-electron chi connectivity index (χ4n) is 15.9. The molecule has 2 heterocycles. The number of nitrogens with zero attached hydrogens (tertiary/aromatic N) is 4. The lowest BCUT2D eigenvalue weighted by Crippen LogP contribution is -2.63. The monoisotopic (exact) mass is 1850 g/mol. The molecule has 0 spiro atoms. The number of hydrogen-bond donors (Lipinski definition) is 15. The summed E-state index contributed by atoms with van der Waals surface area (Å²) in [6, 6.07) is 29.7. The average molecular weight is 1850 g/mol. The Labute approximate surface area is 778 Å².